The SMILES string of the molecule is O=C(Nc1ccc(S(=O)(=O)N[C@H]2CCOC2=O)cc1)c1sccc1Cl. The predicted molar refractivity (Wildman–Crippen MR) is 93.4 cm³/mol. The number of anilines is 1. The maximum absolute atomic E-state index is 12.3. The lowest BCUT2D eigenvalue weighted by Gasteiger charge is -2.10. The van der Waals surface area contributed by atoms with E-state index in [1.165, 1.54) is 35.6 Å². The standard InChI is InChI=1S/C15H13ClN2O5S2/c16-11-6-8-24-13(11)14(19)17-9-1-3-10(4-2-9)25(21,22)18-12-5-7-23-15(12)20/h1-4,6,8,12,18H,5,7H2,(H,17,19)/t12-/m0/s1. The summed E-state index contributed by atoms with van der Waals surface area (Å²) in [6.45, 7) is 0.197. The molecule has 25 heavy (non-hydrogen) atoms. The molecule has 1 aromatic heterocycles. The zero-order valence-corrected chi connectivity index (χ0v) is 15.1. The van der Waals surface area contributed by atoms with Gasteiger partial charge >= 0.3 is 5.97 Å². The maximum atomic E-state index is 12.3. The van der Waals surface area contributed by atoms with Crippen molar-refractivity contribution in [3.63, 3.8) is 0 Å². The van der Waals surface area contributed by atoms with Crippen molar-refractivity contribution in [3.8, 4) is 0 Å². The van der Waals surface area contributed by atoms with Crippen molar-refractivity contribution < 1.29 is 22.7 Å². The molecule has 1 amide bonds. The van der Waals surface area contributed by atoms with E-state index in [4.69, 9.17) is 16.3 Å². The molecule has 2 N–H and O–H groups in total. The van der Waals surface area contributed by atoms with Crippen LogP contribution in [0.5, 0.6) is 0 Å². The Bertz CT molecular complexity index is 908. The Hall–Kier alpha value is -1.94. The Labute approximate surface area is 153 Å². The molecule has 0 bridgehead atoms. The number of sulfonamides is 1. The molecule has 1 atom stereocenters. The van der Waals surface area contributed by atoms with Gasteiger partial charge in [0.25, 0.3) is 5.91 Å². The summed E-state index contributed by atoms with van der Waals surface area (Å²) in [6.07, 6.45) is 0.299. The normalized spacial score (nSPS) is 17.3. The highest BCUT2D eigenvalue weighted by Gasteiger charge is 2.31. The topological polar surface area (TPSA) is 102 Å². The Morgan fingerprint density at radius 1 is 1.24 bits per heavy atom. The lowest BCUT2D eigenvalue weighted by Crippen LogP contribution is -2.37. The van der Waals surface area contributed by atoms with Crippen LogP contribution >= 0.6 is 22.9 Å². The Morgan fingerprint density at radius 2 is 1.96 bits per heavy atom. The van der Waals surface area contributed by atoms with Gasteiger partial charge in [-0.1, -0.05) is 11.6 Å². The highest BCUT2D eigenvalue weighted by atomic mass is 35.5. The maximum Gasteiger partial charge on any atom is 0.324 e. The zero-order chi connectivity index (χ0) is 18.0. The van der Waals surface area contributed by atoms with Gasteiger partial charge in [0.15, 0.2) is 0 Å². The summed E-state index contributed by atoms with van der Waals surface area (Å²) in [5, 5.41) is 4.70. The first-order chi connectivity index (χ1) is 11.9. The monoisotopic (exact) mass is 400 g/mol. The van der Waals surface area contributed by atoms with Crippen molar-refractivity contribution in [2.45, 2.75) is 17.4 Å². The Morgan fingerprint density at radius 3 is 2.52 bits per heavy atom. The summed E-state index contributed by atoms with van der Waals surface area (Å²) in [6, 6.07) is 6.35. The summed E-state index contributed by atoms with van der Waals surface area (Å²) >= 11 is 7.11. The molecule has 0 unspecified atom stereocenters. The van der Waals surface area contributed by atoms with Gasteiger partial charge in [-0.15, -0.1) is 11.3 Å². The smallest absolute Gasteiger partial charge is 0.324 e. The number of nitrogens with one attached hydrogen (secondary N) is 2. The van der Waals surface area contributed by atoms with Crippen molar-refractivity contribution in [1.82, 2.24) is 4.72 Å². The molecule has 1 aliphatic rings. The number of carbonyl (C=O) groups excluding carboxylic acids is 2. The van der Waals surface area contributed by atoms with Gasteiger partial charge in [0.05, 0.1) is 16.5 Å². The summed E-state index contributed by atoms with van der Waals surface area (Å²) in [5.41, 5.74) is 0.425. The van der Waals surface area contributed by atoms with E-state index in [1.54, 1.807) is 11.4 Å². The quantitative estimate of drug-likeness (QED) is 0.749. The summed E-state index contributed by atoms with van der Waals surface area (Å²) < 4.78 is 31.6. The summed E-state index contributed by atoms with van der Waals surface area (Å²) in [4.78, 5) is 23.8. The molecule has 0 radical (unpaired) electrons. The van der Waals surface area contributed by atoms with Crippen LogP contribution < -0.4 is 10.0 Å². The van der Waals surface area contributed by atoms with Crippen molar-refractivity contribution in [2.75, 3.05) is 11.9 Å². The minimum absolute atomic E-state index is 0.0145. The molecule has 10 heteroatoms. The van der Waals surface area contributed by atoms with Gasteiger partial charge in [-0.2, -0.15) is 4.72 Å². The summed E-state index contributed by atoms with van der Waals surface area (Å²) in [5.74, 6) is -0.956. The average molecular weight is 401 g/mol. The minimum Gasteiger partial charge on any atom is -0.464 e. The third-order valence-electron chi connectivity index (χ3n) is 3.48. The van der Waals surface area contributed by atoms with Gasteiger partial charge < -0.3 is 10.1 Å². The van der Waals surface area contributed by atoms with Crippen LogP contribution in [0.2, 0.25) is 5.02 Å². The van der Waals surface area contributed by atoms with Crippen LogP contribution in [0.3, 0.4) is 0 Å². The molecule has 1 saturated heterocycles. The number of rotatable bonds is 5. The first-order valence-corrected chi connectivity index (χ1v) is 9.94. The predicted octanol–water partition coefficient (Wildman–Crippen LogP) is 2.25. The molecule has 0 saturated carbocycles. The van der Waals surface area contributed by atoms with E-state index in [0.29, 0.717) is 22.0 Å². The van der Waals surface area contributed by atoms with Crippen LogP contribution in [0.4, 0.5) is 5.69 Å². The number of hydrogen-bond donors (Lipinski definition) is 2. The third kappa shape index (κ3) is 4.01. The van der Waals surface area contributed by atoms with E-state index in [0.717, 1.165) is 0 Å². The highest BCUT2D eigenvalue weighted by Crippen LogP contribution is 2.23. The number of amides is 1. The highest BCUT2D eigenvalue weighted by molar-refractivity contribution is 7.89. The Balaban J connectivity index is 1.70. The van der Waals surface area contributed by atoms with E-state index in [1.807, 2.05) is 0 Å². The van der Waals surface area contributed by atoms with E-state index < -0.39 is 22.0 Å². The number of thiophene rings is 1. The van der Waals surface area contributed by atoms with Gasteiger partial charge in [0, 0.05) is 12.1 Å². The second-order valence-electron chi connectivity index (χ2n) is 5.21. The van der Waals surface area contributed by atoms with Gasteiger partial charge in [0.2, 0.25) is 10.0 Å². The molecule has 2 heterocycles. The van der Waals surface area contributed by atoms with Gasteiger partial charge in [-0.25, -0.2) is 8.42 Å². The molecule has 0 spiro atoms. The number of hydrogen-bond acceptors (Lipinski definition) is 6. The second-order valence-corrected chi connectivity index (χ2v) is 8.24. The minimum atomic E-state index is -3.85. The fourth-order valence-corrected chi connectivity index (χ4v) is 4.47. The summed E-state index contributed by atoms with van der Waals surface area (Å²) in [7, 11) is -3.85. The average Bonchev–Trinajstić information content (AvgIpc) is 3.16. The molecule has 1 fully saturated rings. The molecule has 1 aromatic carbocycles. The third-order valence-corrected chi connectivity index (χ3v) is 6.31. The van der Waals surface area contributed by atoms with Crippen LogP contribution in [0.1, 0.15) is 16.1 Å². The lowest BCUT2D eigenvalue weighted by atomic mass is 10.3. The van der Waals surface area contributed by atoms with Crippen molar-refractivity contribution in [2.24, 2.45) is 0 Å². The van der Waals surface area contributed by atoms with Crippen molar-refractivity contribution >= 4 is 50.5 Å². The van der Waals surface area contributed by atoms with Gasteiger partial charge in [-0.3, -0.25) is 9.59 Å². The molecular formula is C15H13ClN2O5S2. The molecule has 3 rings (SSSR count). The number of carbonyl (C=O) groups is 2. The molecule has 132 valence electrons. The molecule has 1 aliphatic heterocycles. The number of cyclic esters (lactones) is 1. The van der Waals surface area contributed by atoms with E-state index in [-0.39, 0.29) is 17.4 Å². The number of esters is 1. The van der Waals surface area contributed by atoms with E-state index in [2.05, 4.69) is 10.0 Å². The number of ether oxygens (including phenoxy) is 1. The van der Waals surface area contributed by atoms with Crippen LogP contribution in [0, 0.1) is 0 Å². The molecule has 0 aliphatic carbocycles. The molecule has 7 nitrogen and oxygen atoms in total. The second kappa shape index (κ2) is 7.12. The number of benzene rings is 1. The van der Waals surface area contributed by atoms with E-state index in [9.17, 15) is 18.0 Å². The largest absolute Gasteiger partial charge is 0.464 e. The fraction of sp³-hybridized carbons (Fsp3) is 0.200. The fourth-order valence-electron chi connectivity index (χ4n) is 2.22. The van der Waals surface area contributed by atoms with E-state index >= 15 is 0 Å². The lowest BCUT2D eigenvalue weighted by molar-refractivity contribution is -0.139. The van der Waals surface area contributed by atoms with Crippen LogP contribution in [0.15, 0.2) is 40.6 Å². The molecular weight excluding hydrogens is 388 g/mol. The Kier molecular flexibility index (Phi) is 5.09. The number of halogens is 1. The van der Waals surface area contributed by atoms with Gasteiger partial charge in [-0.05, 0) is 35.7 Å². The van der Waals surface area contributed by atoms with Crippen LogP contribution in [-0.4, -0.2) is 32.9 Å². The van der Waals surface area contributed by atoms with Crippen LogP contribution in [0.25, 0.3) is 0 Å². The zero-order valence-electron chi connectivity index (χ0n) is 12.7. The van der Waals surface area contributed by atoms with Gasteiger partial charge in [0.1, 0.15) is 10.9 Å². The first-order valence-electron chi connectivity index (χ1n) is 7.20. The first kappa shape index (κ1) is 17.9. The van der Waals surface area contributed by atoms with Crippen LogP contribution in [-0.2, 0) is 19.6 Å². The van der Waals surface area contributed by atoms with Crippen molar-refractivity contribution in [1.29, 1.82) is 0 Å². The molecule has 2 aromatic rings. The van der Waals surface area contributed by atoms with Crippen molar-refractivity contribution in [3.05, 3.63) is 45.6 Å².